The lowest BCUT2D eigenvalue weighted by Crippen LogP contribution is -2.19. The third kappa shape index (κ3) is 5.30. The summed E-state index contributed by atoms with van der Waals surface area (Å²) < 4.78 is 0.965. The first kappa shape index (κ1) is 22.5. The van der Waals surface area contributed by atoms with Gasteiger partial charge in [-0.3, -0.25) is 10.3 Å². The zero-order valence-electron chi connectivity index (χ0n) is 18.5. The molecule has 0 aliphatic rings. The number of pyridine rings is 1. The summed E-state index contributed by atoms with van der Waals surface area (Å²) in [5.74, 6) is 0. The lowest BCUT2D eigenvalue weighted by molar-refractivity contribution is 0.262. The summed E-state index contributed by atoms with van der Waals surface area (Å²) in [7, 11) is 0. The fraction of sp³-hybridized carbons (Fsp3) is 0.0769. The Bertz CT molecular complexity index is 1510. The molecule has 172 valence electrons. The number of hydrogen-bond acceptors (Lipinski definition) is 7. The normalized spacial score (nSPS) is 10.6. The van der Waals surface area contributed by atoms with Crippen molar-refractivity contribution in [3.8, 4) is 16.5 Å². The standard InChI is InChI=1S/C26H20N6OS2/c27-14-18-15-29-21-13-22(17-7-3-1-4-8-17)35-24(21)23(18)28-12-11-20-16-30-26(34-20)32-25(33)31-19-9-5-2-6-10-19/h1-10,13,15-16H,11-12H2,(H,28,29)(H2,30,31,32,33). The molecule has 7 nitrogen and oxygen atoms in total. The van der Waals surface area contributed by atoms with Crippen molar-refractivity contribution < 1.29 is 4.79 Å². The number of carbonyl (C=O) groups excluding carboxylic acids is 1. The summed E-state index contributed by atoms with van der Waals surface area (Å²) in [6.07, 6.45) is 4.08. The molecule has 0 radical (unpaired) electrons. The minimum Gasteiger partial charge on any atom is -0.382 e. The van der Waals surface area contributed by atoms with Gasteiger partial charge in [0.25, 0.3) is 0 Å². The molecule has 3 heterocycles. The zero-order chi connectivity index (χ0) is 24.0. The Labute approximate surface area is 210 Å². The average molecular weight is 497 g/mol. The number of amides is 2. The maximum absolute atomic E-state index is 12.2. The van der Waals surface area contributed by atoms with Crippen LogP contribution in [-0.2, 0) is 6.42 Å². The van der Waals surface area contributed by atoms with Gasteiger partial charge in [-0.1, -0.05) is 48.5 Å². The number of nitriles is 1. The molecule has 0 unspecified atom stereocenters. The Morgan fingerprint density at radius 2 is 1.71 bits per heavy atom. The molecule has 0 spiro atoms. The lowest BCUT2D eigenvalue weighted by atomic mass is 10.2. The van der Waals surface area contributed by atoms with Crippen molar-refractivity contribution in [3.63, 3.8) is 0 Å². The van der Waals surface area contributed by atoms with Crippen molar-refractivity contribution in [2.24, 2.45) is 0 Å². The smallest absolute Gasteiger partial charge is 0.325 e. The van der Waals surface area contributed by atoms with Crippen LogP contribution in [-0.4, -0.2) is 22.5 Å². The van der Waals surface area contributed by atoms with Crippen LogP contribution in [0.15, 0.2) is 79.1 Å². The molecule has 9 heteroatoms. The van der Waals surface area contributed by atoms with Gasteiger partial charge in [-0.25, -0.2) is 9.78 Å². The molecule has 0 aliphatic carbocycles. The third-order valence-electron chi connectivity index (χ3n) is 5.20. The number of aromatic nitrogens is 2. The number of benzene rings is 2. The number of rotatable bonds is 7. The molecule has 2 amide bonds. The Morgan fingerprint density at radius 3 is 2.49 bits per heavy atom. The molecule has 0 saturated heterocycles. The lowest BCUT2D eigenvalue weighted by Gasteiger charge is -2.08. The number of thiazole rings is 1. The molecule has 5 aromatic rings. The SMILES string of the molecule is N#Cc1cnc2cc(-c3ccccc3)sc2c1NCCc1cnc(NC(=O)Nc2ccccc2)s1. The summed E-state index contributed by atoms with van der Waals surface area (Å²) in [6, 6.07) is 23.4. The molecule has 0 aliphatic heterocycles. The van der Waals surface area contributed by atoms with Crippen molar-refractivity contribution >= 4 is 55.4 Å². The quantitative estimate of drug-likeness (QED) is 0.236. The highest BCUT2D eigenvalue weighted by molar-refractivity contribution is 7.22. The van der Waals surface area contributed by atoms with Crippen LogP contribution in [0, 0.1) is 11.3 Å². The van der Waals surface area contributed by atoms with Gasteiger partial charge in [0.15, 0.2) is 5.13 Å². The van der Waals surface area contributed by atoms with Crippen molar-refractivity contribution in [3.05, 3.63) is 89.6 Å². The first-order chi connectivity index (χ1) is 17.2. The Kier molecular flexibility index (Phi) is 6.66. The van der Waals surface area contributed by atoms with Gasteiger partial charge < -0.3 is 10.6 Å². The fourth-order valence-corrected chi connectivity index (χ4v) is 5.51. The second kappa shape index (κ2) is 10.3. The number of nitrogens with zero attached hydrogens (tertiary/aromatic N) is 3. The van der Waals surface area contributed by atoms with Gasteiger partial charge in [-0.05, 0) is 23.8 Å². The molecule has 3 aromatic heterocycles. The molecule has 5 rings (SSSR count). The minimum atomic E-state index is -0.333. The van der Waals surface area contributed by atoms with Gasteiger partial charge in [-0.15, -0.1) is 22.7 Å². The number of para-hydroxylation sites is 1. The van der Waals surface area contributed by atoms with E-state index in [4.69, 9.17) is 0 Å². The number of hydrogen-bond donors (Lipinski definition) is 3. The molecule has 2 aromatic carbocycles. The van der Waals surface area contributed by atoms with Gasteiger partial charge in [-0.2, -0.15) is 5.26 Å². The second-order valence-corrected chi connectivity index (χ2v) is 9.77. The van der Waals surface area contributed by atoms with E-state index >= 15 is 0 Å². The highest BCUT2D eigenvalue weighted by Crippen LogP contribution is 2.38. The molecule has 0 bridgehead atoms. The van der Waals surface area contributed by atoms with Gasteiger partial charge in [0.1, 0.15) is 6.07 Å². The molecular formula is C26H20N6OS2. The molecule has 3 N–H and O–H groups in total. The molecule has 35 heavy (non-hydrogen) atoms. The topological polar surface area (TPSA) is 103 Å². The Morgan fingerprint density at radius 1 is 0.943 bits per heavy atom. The average Bonchev–Trinajstić information content (AvgIpc) is 3.52. The number of anilines is 3. The van der Waals surface area contributed by atoms with E-state index in [1.54, 1.807) is 23.7 Å². The van der Waals surface area contributed by atoms with Crippen LogP contribution in [0.2, 0.25) is 0 Å². The number of carbonyl (C=O) groups is 1. The van der Waals surface area contributed by atoms with Crippen LogP contribution in [0.3, 0.4) is 0 Å². The summed E-state index contributed by atoms with van der Waals surface area (Å²) in [4.78, 5) is 23.1. The molecule has 0 fully saturated rings. The van der Waals surface area contributed by atoms with E-state index < -0.39 is 0 Å². The van der Waals surface area contributed by atoms with E-state index in [0.717, 1.165) is 31.2 Å². The fourth-order valence-electron chi connectivity index (χ4n) is 3.55. The maximum atomic E-state index is 12.2. The highest BCUT2D eigenvalue weighted by atomic mass is 32.1. The van der Waals surface area contributed by atoms with E-state index in [-0.39, 0.29) is 6.03 Å². The van der Waals surface area contributed by atoms with Crippen LogP contribution < -0.4 is 16.0 Å². The second-order valence-electron chi connectivity index (χ2n) is 7.60. The third-order valence-corrected chi connectivity index (χ3v) is 7.36. The van der Waals surface area contributed by atoms with Gasteiger partial charge in [0.05, 0.1) is 21.5 Å². The number of nitrogens with one attached hydrogen (secondary N) is 3. The highest BCUT2D eigenvalue weighted by Gasteiger charge is 2.14. The van der Waals surface area contributed by atoms with E-state index in [1.165, 1.54) is 11.3 Å². The minimum absolute atomic E-state index is 0.333. The van der Waals surface area contributed by atoms with E-state index in [2.05, 4.69) is 50.2 Å². The Hall–Kier alpha value is -4.26. The summed E-state index contributed by atoms with van der Waals surface area (Å²) in [5.41, 5.74) is 4.02. The number of fused-ring (bicyclic) bond motifs is 1. The maximum Gasteiger partial charge on any atom is 0.325 e. The van der Waals surface area contributed by atoms with Crippen molar-refractivity contribution in [2.75, 3.05) is 22.5 Å². The molecular weight excluding hydrogens is 476 g/mol. The Balaban J connectivity index is 1.25. The van der Waals surface area contributed by atoms with Gasteiger partial charge in [0, 0.05) is 40.8 Å². The van der Waals surface area contributed by atoms with E-state index in [9.17, 15) is 10.1 Å². The first-order valence-electron chi connectivity index (χ1n) is 10.9. The van der Waals surface area contributed by atoms with E-state index in [1.807, 2.05) is 48.5 Å². The van der Waals surface area contributed by atoms with Gasteiger partial charge >= 0.3 is 6.03 Å². The zero-order valence-corrected chi connectivity index (χ0v) is 20.1. The number of urea groups is 1. The van der Waals surface area contributed by atoms with Gasteiger partial charge in [0.2, 0.25) is 0 Å². The van der Waals surface area contributed by atoms with Crippen LogP contribution >= 0.6 is 22.7 Å². The summed E-state index contributed by atoms with van der Waals surface area (Å²) in [6.45, 7) is 0.615. The summed E-state index contributed by atoms with van der Waals surface area (Å²) >= 11 is 3.05. The largest absolute Gasteiger partial charge is 0.382 e. The predicted molar refractivity (Wildman–Crippen MR) is 143 cm³/mol. The van der Waals surface area contributed by atoms with Crippen molar-refractivity contribution in [1.82, 2.24) is 9.97 Å². The van der Waals surface area contributed by atoms with Crippen LogP contribution in [0.5, 0.6) is 0 Å². The first-order valence-corrected chi connectivity index (χ1v) is 12.5. The summed E-state index contributed by atoms with van der Waals surface area (Å²) in [5, 5.41) is 19.1. The van der Waals surface area contributed by atoms with Crippen LogP contribution in [0.4, 0.5) is 21.3 Å². The molecule has 0 atom stereocenters. The number of thiophene rings is 1. The molecule has 0 saturated carbocycles. The van der Waals surface area contributed by atoms with Crippen LogP contribution in [0.1, 0.15) is 10.4 Å². The predicted octanol–water partition coefficient (Wildman–Crippen LogP) is 6.59. The van der Waals surface area contributed by atoms with E-state index in [0.29, 0.717) is 29.3 Å². The van der Waals surface area contributed by atoms with Crippen LogP contribution in [0.25, 0.3) is 20.7 Å². The van der Waals surface area contributed by atoms with Crippen molar-refractivity contribution in [2.45, 2.75) is 6.42 Å². The van der Waals surface area contributed by atoms with Crippen molar-refractivity contribution in [1.29, 1.82) is 5.26 Å². The monoisotopic (exact) mass is 496 g/mol.